The Morgan fingerprint density at radius 1 is 0.800 bits per heavy atom. The fraction of sp³-hybridized carbons (Fsp3) is 0.409. The van der Waals surface area contributed by atoms with Gasteiger partial charge in [-0.15, -0.1) is 0 Å². The highest BCUT2D eigenvalue weighted by atomic mass is 16.7. The second kappa shape index (κ2) is 7.51. The minimum atomic E-state index is -0.272. The second-order valence-electron chi connectivity index (χ2n) is 7.47. The van der Waals surface area contributed by atoms with Crippen LogP contribution in [-0.4, -0.2) is 40.4 Å². The van der Waals surface area contributed by atoms with Crippen LogP contribution in [0.15, 0.2) is 24.3 Å². The molecule has 0 spiro atoms. The van der Waals surface area contributed by atoms with Crippen molar-refractivity contribution in [3.63, 3.8) is 0 Å². The number of fused-ring (bicyclic) bond motifs is 2. The number of carbonyl (C=O) groups excluding carboxylic acids is 1. The van der Waals surface area contributed by atoms with Crippen molar-refractivity contribution in [2.45, 2.75) is 12.8 Å². The standard InChI is InChI=1S/C22H22O8/c1-24-16-5-12(7-18-20(16)29-10-27-18)3-14-9-26-22(23)15(14)4-13-6-17(25-2)21-19(8-13)28-11-30-21/h5-8,14-15H,3-4,9-11H2,1-2H3. The summed E-state index contributed by atoms with van der Waals surface area (Å²) in [5, 5.41) is 0. The lowest BCUT2D eigenvalue weighted by molar-refractivity contribution is -0.141. The maximum Gasteiger partial charge on any atom is 0.309 e. The molecule has 3 heterocycles. The molecule has 2 atom stereocenters. The minimum absolute atomic E-state index is 0.0268. The molecule has 0 N–H and O–H groups in total. The summed E-state index contributed by atoms with van der Waals surface area (Å²) in [5.74, 6) is 3.29. The summed E-state index contributed by atoms with van der Waals surface area (Å²) in [7, 11) is 3.18. The Hall–Kier alpha value is -3.29. The van der Waals surface area contributed by atoms with Crippen LogP contribution < -0.4 is 28.4 Å². The van der Waals surface area contributed by atoms with E-state index in [-0.39, 0.29) is 31.4 Å². The number of carbonyl (C=O) groups is 1. The molecule has 5 rings (SSSR count). The van der Waals surface area contributed by atoms with E-state index >= 15 is 0 Å². The molecule has 30 heavy (non-hydrogen) atoms. The van der Waals surface area contributed by atoms with Crippen molar-refractivity contribution in [2.24, 2.45) is 11.8 Å². The van der Waals surface area contributed by atoms with Gasteiger partial charge in [-0.1, -0.05) is 0 Å². The van der Waals surface area contributed by atoms with Crippen molar-refractivity contribution < 1.29 is 38.0 Å². The number of cyclic esters (lactones) is 1. The summed E-state index contributed by atoms with van der Waals surface area (Å²) in [6.07, 6.45) is 1.18. The first-order chi connectivity index (χ1) is 14.7. The molecule has 2 aromatic carbocycles. The van der Waals surface area contributed by atoms with Gasteiger partial charge in [0.15, 0.2) is 23.0 Å². The molecular weight excluding hydrogens is 392 g/mol. The normalized spacial score (nSPS) is 20.9. The average Bonchev–Trinajstić information content (AvgIpc) is 3.49. The zero-order chi connectivity index (χ0) is 20.7. The Kier molecular flexibility index (Phi) is 4.69. The smallest absolute Gasteiger partial charge is 0.309 e. The zero-order valence-electron chi connectivity index (χ0n) is 16.8. The number of ether oxygens (including phenoxy) is 7. The first kappa shape index (κ1) is 18.7. The van der Waals surface area contributed by atoms with Crippen LogP contribution in [0.5, 0.6) is 34.5 Å². The van der Waals surface area contributed by atoms with Crippen LogP contribution in [0.3, 0.4) is 0 Å². The van der Waals surface area contributed by atoms with E-state index in [4.69, 9.17) is 33.2 Å². The topological polar surface area (TPSA) is 81.7 Å². The van der Waals surface area contributed by atoms with Crippen molar-refractivity contribution in [3.05, 3.63) is 35.4 Å². The van der Waals surface area contributed by atoms with E-state index in [0.717, 1.165) is 11.1 Å². The summed E-state index contributed by atoms with van der Waals surface area (Å²) >= 11 is 0. The fourth-order valence-corrected chi connectivity index (χ4v) is 4.22. The third kappa shape index (κ3) is 3.22. The van der Waals surface area contributed by atoms with Gasteiger partial charge in [-0.2, -0.15) is 0 Å². The number of hydrogen-bond donors (Lipinski definition) is 0. The van der Waals surface area contributed by atoms with Crippen LogP contribution in [0.4, 0.5) is 0 Å². The lowest BCUT2D eigenvalue weighted by Gasteiger charge is -2.17. The molecule has 0 amide bonds. The number of methoxy groups -OCH3 is 2. The van der Waals surface area contributed by atoms with Crippen LogP contribution in [0.2, 0.25) is 0 Å². The van der Waals surface area contributed by atoms with Crippen LogP contribution in [0, 0.1) is 11.8 Å². The van der Waals surface area contributed by atoms with Gasteiger partial charge in [0.2, 0.25) is 25.1 Å². The van der Waals surface area contributed by atoms with Crippen molar-refractivity contribution >= 4 is 5.97 Å². The molecule has 0 aromatic heterocycles. The molecule has 0 aliphatic carbocycles. The van der Waals surface area contributed by atoms with Gasteiger partial charge in [0.05, 0.1) is 26.7 Å². The first-order valence-corrected chi connectivity index (χ1v) is 9.76. The maximum atomic E-state index is 12.5. The summed E-state index contributed by atoms with van der Waals surface area (Å²) in [5.41, 5.74) is 1.95. The summed E-state index contributed by atoms with van der Waals surface area (Å²) < 4.78 is 38.2. The molecule has 2 unspecified atom stereocenters. The third-order valence-electron chi connectivity index (χ3n) is 5.70. The Morgan fingerprint density at radius 3 is 1.93 bits per heavy atom. The van der Waals surface area contributed by atoms with Gasteiger partial charge in [-0.25, -0.2) is 0 Å². The monoisotopic (exact) mass is 414 g/mol. The quantitative estimate of drug-likeness (QED) is 0.668. The molecule has 3 aliphatic rings. The Bertz CT molecular complexity index is 986. The van der Waals surface area contributed by atoms with E-state index in [9.17, 15) is 4.79 Å². The molecule has 0 bridgehead atoms. The largest absolute Gasteiger partial charge is 0.493 e. The Labute approximate surface area is 173 Å². The van der Waals surface area contributed by atoms with E-state index in [1.165, 1.54) is 0 Å². The molecule has 8 nitrogen and oxygen atoms in total. The molecule has 8 heteroatoms. The Balaban J connectivity index is 1.38. The van der Waals surface area contributed by atoms with Gasteiger partial charge in [-0.05, 0) is 48.2 Å². The lowest BCUT2D eigenvalue weighted by Crippen LogP contribution is -2.20. The van der Waals surface area contributed by atoms with E-state index in [0.29, 0.717) is 53.9 Å². The van der Waals surface area contributed by atoms with Gasteiger partial charge < -0.3 is 33.2 Å². The summed E-state index contributed by atoms with van der Waals surface area (Å²) in [6.45, 7) is 0.714. The third-order valence-corrected chi connectivity index (χ3v) is 5.70. The first-order valence-electron chi connectivity index (χ1n) is 9.76. The minimum Gasteiger partial charge on any atom is -0.493 e. The molecular formula is C22H22O8. The van der Waals surface area contributed by atoms with Gasteiger partial charge in [0, 0.05) is 5.92 Å². The van der Waals surface area contributed by atoms with Crippen molar-refractivity contribution in [1.82, 2.24) is 0 Å². The number of esters is 1. The highest BCUT2D eigenvalue weighted by molar-refractivity contribution is 5.75. The predicted molar refractivity (Wildman–Crippen MR) is 104 cm³/mol. The van der Waals surface area contributed by atoms with Crippen LogP contribution in [-0.2, 0) is 22.4 Å². The number of rotatable bonds is 6. The highest BCUT2D eigenvalue weighted by Crippen LogP contribution is 2.44. The Morgan fingerprint density at radius 2 is 1.37 bits per heavy atom. The van der Waals surface area contributed by atoms with E-state index in [1.807, 2.05) is 24.3 Å². The number of hydrogen-bond acceptors (Lipinski definition) is 8. The molecule has 2 aromatic rings. The van der Waals surface area contributed by atoms with Crippen LogP contribution >= 0.6 is 0 Å². The van der Waals surface area contributed by atoms with Gasteiger partial charge >= 0.3 is 5.97 Å². The SMILES string of the molecule is COc1cc(CC2COC(=O)C2Cc2cc(OC)c3c(c2)OCO3)cc2c1OCO2. The van der Waals surface area contributed by atoms with E-state index in [2.05, 4.69) is 0 Å². The van der Waals surface area contributed by atoms with Crippen LogP contribution in [0.1, 0.15) is 11.1 Å². The highest BCUT2D eigenvalue weighted by Gasteiger charge is 2.38. The van der Waals surface area contributed by atoms with E-state index < -0.39 is 0 Å². The van der Waals surface area contributed by atoms with Crippen LogP contribution in [0.25, 0.3) is 0 Å². The molecule has 158 valence electrons. The van der Waals surface area contributed by atoms with Gasteiger partial charge in [0.1, 0.15) is 0 Å². The lowest BCUT2D eigenvalue weighted by atomic mass is 9.85. The molecule has 0 saturated carbocycles. The average molecular weight is 414 g/mol. The molecule has 1 saturated heterocycles. The zero-order valence-corrected chi connectivity index (χ0v) is 16.8. The molecule has 3 aliphatic heterocycles. The summed E-state index contributed by atoms with van der Waals surface area (Å²) in [4.78, 5) is 12.5. The van der Waals surface area contributed by atoms with Gasteiger partial charge in [-0.3, -0.25) is 4.79 Å². The second-order valence-corrected chi connectivity index (χ2v) is 7.47. The predicted octanol–water partition coefficient (Wildman–Crippen LogP) is 2.74. The molecule has 1 fully saturated rings. The van der Waals surface area contributed by atoms with Crippen molar-refractivity contribution in [2.75, 3.05) is 34.4 Å². The number of benzene rings is 2. The van der Waals surface area contributed by atoms with E-state index in [1.54, 1.807) is 14.2 Å². The van der Waals surface area contributed by atoms with Crippen molar-refractivity contribution in [3.8, 4) is 34.5 Å². The summed E-state index contributed by atoms with van der Waals surface area (Å²) in [6, 6.07) is 7.65. The fourth-order valence-electron chi connectivity index (χ4n) is 4.22. The van der Waals surface area contributed by atoms with Crippen molar-refractivity contribution in [1.29, 1.82) is 0 Å². The van der Waals surface area contributed by atoms with Gasteiger partial charge in [0.25, 0.3) is 0 Å². The maximum absolute atomic E-state index is 12.5. The molecule has 0 radical (unpaired) electrons.